The van der Waals surface area contributed by atoms with E-state index < -0.39 is 23.7 Å². The van der Waals surface area contributed by atoms with E-state index in [1.807, 2.05) is 0 Å². The van der Waals surface area contributed by atoms with Gasteiger partial charge in [-0.15, -0.1) is 0 Å². The minimum Gasteiger partial charge on any atom is -0.442 e. The number of alkyl halides is 3. The van der Waals surface area contributed by atoms with Crippen LogP contribution in [0, 0.1) is 0 Å². The second-order valence-electron chi connectivity index (χ2n) is 5.57. The number of hydrogen-bond donors (Lipinski definition) is 1. The Labute approximate surface area is 146 Å². The van der Waals surface area contributed by atoms with Crippen molar-refractivity contribution in [3.63, 3.8) is 0 Å². The zero-order chi connectivity index (χ0) is 18.7. The van der Waals surface area contributed by atoms with Gasteiger partial charge in [0.05, 0.1) is 11.6 Å². The minimum atomic E-state index is -4.44. The first-order valence-electron chi connectivity index (χ1n) is 7.69. The lowest BCUT2D eigenvalue weighted by atomic mass is 10.0. The van der Waals surface area contributed by atoms with Crippen LogP contribution < -0.4 is 5.32 Å². The summed E-state index contributed by atoms with van der Waals surface area (Å²) in [7, 11) is 0. The summed E-state index contributed by atoms with van der Waals surface area (Å²) in [5.74, 6) is -0.372. The number of pyridine rings is 1. The van der Waals surface area contributed by atoms with E-state index in [2.05, 4.69) is 15.3 Å². The molecule has 1 aromatic carbocycles. The van der Waals surface area contributed by atoms with Crippen LogP contribution in [0.3, 0.4) is 0 Å². The van der Waals surface area contributed by atoms with Gasteiger partial charge in [-0.25, -0.2) is 4.98 Å². The van der Waals surface area contributed by atoms with Crippen molar-refractivity contribution < 1.29 is 22.4 Å². The van der Waals surface area contributed by atoms with Gasteiger partial charge < -0.3 is 9.73 Å². The number of benzene rings is 1. The van der Waals surface area contributed by atoms with Gasteiger partial charge in [0, 0.05) is 6.20 Å². The number of rotatable bonds is 4. The van der Waals surface area contributed by atoms with Crippen molar-refractivity contribution in [1.29, 1.82) is 0 Å². The highest BCUT2D eigenvalue weighted by Crippen LogP contribution is 2.30. The molecule has 134 valence electrons. The highest BCUT2D eigenvalue weighted by Gasteiger charge is 2.30. The predicted molar refractivity (Wildman–Crippen MR) is 87.1 cm³/mol. The maximum atomic E-state index is 12.8. The molecule has 0 saturated carbocycles. The lowest BCUT2D eigenvalue weighted by Crippen LogP contribution is -2.27. The summed E-state index contributed by atoms with van der Waals surface area (Å²) in [4.78, 5) is 20.4. The number of nitrogens with one attached hydrogen (secondary N) is 1. The molecule has 5 nitrogen and oxygen atoms in total. The third-order valence-electron chi connectivity index (χ3n) is 3.68. The average molecular weight is 361 g/mol. The Morgan fingerprint density at radius 3 is 2.69 bits per heavy atom. The first kappa shape index (κ1) is 17.7. The topological polar surface area (TPSA) is 68.0 Å². The number of halogens is 3. The van der Waals surface area contributed by atoms with Gasteiger partial charge >= 0.3 is 6.18 Å². The monoisotopic (exact) mass is 361 g/mol. The Balaban J connectivity index is 1.73. The molecule has 0 spiro atoms. The van der Waals surface area contributed by atoms with Crippen LogP contribution >= 0.6 is 0 Å². The van der Waals surface area contributed by atoms with E-state index in [0.717, 1.165) is 12.1 Å². The molecular formula is C18H14F3N3O2. The third kappa shape index (κ3) is 3.90. The highest BCUT2D eigenvalue weighted by atomic mass is 19.4. The van der Waals surface area contributed by atoms with Crippen LogP contribution in [0.1, 0.15) is 34.6 Å². The summed E-state index contributed by atoms with van der Waals surface area (Å²) in [5, 5.41) is 2.61. The molecule has 8 heteroatoms. The molecule has 1 N–H and O–H groups in total. The van der Waals surface area contributed by atoms with Crippen LogP contribution in [-0.2, 0) is 6.18 Å². The van der Waals surface area contributed by atoms with E-state index in [-0.39, 0.29) is 11.6 Å². The zero-order valence-electron chi connectivity index (χ0n) is 13.6. The van der Waals surface area contributed by atoms with Crippen molar-refractivity contribution in [2.24, 2.45) is 0 Å². The molecular weight excluding hydrogens is 347 g/mol. The number of carbonyl (C=O) groups excluding carboxylic acids is 1. The number of nitrogens with zero attached hydrogens (tertiary/aromatic N) is 2. The van der Waals surface area contributed by atoms with E-state index in [4.69, 9.17) is 4.42 Å². The van der Waals surface area contributed by atoms with Crippen molar-refractivity contribution in [2.75, 3.05) is 0 Å². The molecule has 2 heterocycles. The Bertz CT molecular complexity index is 907. The van der Waals surface area contributed by atoms with Gasteiger partial charge in [0.2, 0.25) is 5.89 Å². The molecule has 0 fully saturated rings. The quantitative estimate of drug-likeness (QED) is 0.754. The predicted octanol–water partition coefficient (Wildman–Crippen LogP) is 4.25. The molecule has 26 heavy (non-hydrogen) atoms. The maximum Gasteiger partial charge on any atom is 0.416 e. The molecule has 1 atom stereocenters. The first-order valence-corrected chi connectivity index (χ1v) is 7.69. The molecule has 3 rings (SSSR count). The summed E-state index contributed by atoms with van der Waals surface area (Å²) in [6.45, 7) is 1.59. The molecule has 1 unspecified atom stereocenters. The van der Waals surface area contributed by atoms with Crippen LogP contribution in [-0.4, -0.2) is 15.9 Å². The van der Waals surface area contributed by atoms with Gasteiger partial charge in [-0.05, 0) is 36.8 Å². The van der Waals surface area contributed by atoms with Crippen molar-refractivity contribution in [1.82, 2.24) is 15.3 Å². The summed E-state index contributed by atoms with van der Waals surface area (Å²) >= 11 is 0. The van der Waals surface area contributed by atoms with Gasteiger partial charge in [-0.2, -0.15) is 13.2 Å². The van der Waals surface area contributed by atoms with Crippen molar-refractivity contribution in [3.05, 3.63) is 71.7 Å². The fraction of sp³-hybridized carbons (Fsp3) is 0.167. The molecule has 0 radical (unpaired) electrons. The summed E-state index contributed by atoms with van der Waals surface area (Å²) in [6, 6.07) is 9.33. The second-order valence-corrected chi connectivity index (χ2v) is 5.57. The number of aromatic nitrogens is 2. The lowest BCUT2D eigenvalue weighted by Gasteiger charge is -2.15. The van der Waals surface area contributed by atoms with Crippen LogP contribution in [0.2, 0.25) is 0 Å². The molecule has 0 saturated heterocycles. The normalized spacial score (nSPS) is 12.6. The third-order valence-corrected chi connectivity index (χ3v) is 3.68. The van der Waals surface area contributed by atoms with Crippen molar-refractivity contribution in [3.8, 4) is 11.6 Å². The van der Waals surface area contributed by atoms with Gasteiger partial charge in [-0.3, -0.25) is 9.78 Å². The van der Waals surface area contributed by atoms with Gasteiger partial charge in [0.15, 0.2) is 5.69 Å². The van der Waals surface area contributed by atoms with E-state index in [9.17, 15) is 18.0 Å². The van der Waals surface area contributed by atoms with Crippen LogP contribution in [0.4, 0.5) is 13.2 Å². The van der Waals surface area contributed by atoms with E-state index >= 15 is 0 Å². The lowest BCUT2D eigenvalue weighted by molar-refractivity contribution is -0.137. The first-order chi connectivity index (χ1) is 12.3. The van der Waals surface area contributed by atoms with Crippen LogP contribution in [0.5, 0.6) is 0 Å². The average Bonchev–Trinajstić information content (AvgIpc) is 3.12. The summed E-state index contributed by atoms with van der Waals surface area (Å²) in [6.07, 6.45) is -1.70. The molecule has 2 aromatic heterocycles. The van der Waals surface area contributed by atoms with E-state index in [1.165, 1.54) is 18.4 Å². The van der Waals surface area contributed by atoms with E-state index in [0.29, 0.717) is 11.3 Å². The fourth-order valence-corrected chi connectivity index (χ4v) is 2.32. The molecule has 0 aliphatic heterocycles. The van der Waals surface area contributed by atoms with Crippen molar-refractivity contribution in [2.45, 2.75) is 19.1 Å². The Kier molecular flexibility index (Phi) is 4.75. The zero-order valence-corrected chi connectivity index (χ0v) is 13.6. The minimum absolute atomic E-state index is 0.0180. The molecule has 0 aliphatic rings. The Morgan fingerprint density at radius 1 is 1.19 bits per heavy atom. The number of carbonyl (C=O) groups is 1. The number of amides is 1. The van der Waals surface area contributed by atoms with Gasteiger partial charge in [0.1, 0.15) is 12.0 Å². The van der Waals surface area contributed by atoms with Gasteiger partial charge in [0.25, 0.3) is 5.91 Å². The molecule has 1 amide bonds. The van der Waals surface area contributed by atoms with Crippen LogP contribution in [0.25, 0.3) is 11.6 Å². The summed E-state index contributed by atoms with van der Waals surface area (Å²) < 4.78 is 43.7. The van der Waals surface area contributed by atoms with E-state index in [1.54, 1.807) is 31.3 Å². The van der Waals surface area contributed by atoms with Gasteiger partial charge in [-0.1, -0.05) is 18.2 Å². The Hall–Kier alpha value is -3.16. The number of oxazole rings is 1. The SMILES string of the molecule is CC(NC(=O)c1coc(-c2ccccn2)n1)c1cccc(C(F)(F)F)c1. The van der Waals surface area contributed by atoms with Crippen molar-refractivity contribution >= 4 is 5.91 Å². The highest BCUT2D eigenvalue weighted by molar-refractivity contribution is 5.92. The maximum absolute atomic E-state index is 12.8. The smallest absolute Gasteiger partial charge is 0.416 e. The largest absolute Gasteiger partial charge is 0.442 e. The fourth-order valence-electron chi connectivity index (χ4n) is 2.32. The molecule has 0 bridgehead atoms. The molecule has 3 aromatic rings. The molecule has 0 aliphatic carbocycles. The summed E-state index contributed by atoms with van der Waals surface area (Å²) in [5.41, 5.74) is 0.0542. The standard InChI is InChI=1S/C18H14F3N3O2/c1-11(12-5-4-6-13(9-12)18(19,20)21)23-16(25)15-10-26-17(24-15)14-7-2-3-8-22-14/h2-11H,1H3,(H,23,25). The number of hydrogen-bond acceptors (Lipinski definition) is 4. The van der Waals surface area contributed by atoms with Crippen LogP contribution in [0.15, 0.2) is 59.3 Å². The second kappa shape index (κ2) is 6.99. The Morgan fingerprint density at radius 2 is 2.00 bits per heavy atom.